The molecule has 3 aromatic carbocycles. The summed E-state index contributed by atoms with van der Waals surface area (Å²) in [6, 6.07) is 22.4. The van der Waals surface area contributed by atoms with Crippen LogP contribution < -0.4 is 25.0 Å². The molecule has 2 heterocycles. The molecule has 186 valence electrons. The lowest BCUT2D eigenvalue weighted by Crippen LogP contribution is -2.45. The second-order valence-corrected chi connectivity index (χ2v) is 8.86. The highest BCUT2D eigenvalue weighted by atomic mass is 16.7. The number of esters is 1. The maximum atomic E-state index is 12.6. The van der Waals surface area contributed by atoms with Crippen molar-refractivity contribution < 1.29 is 23.8 Å². The summed E-state index contributed by atoms with van der Waals surface area (Å²) in [6.45, 7) is 1.90. The molecular formula is C28H29N3O5. The van der Waals surface area contributed by atoms with Gasteiger partial charge in [0.25, 0.3) is 5.91 Å². The summed E-state index contributed by atoms with van der Waals surface area (Å²) in [5, 5.41) is 6.42. The molecule has 0 radical (unpaired) electrons. The molecule has 0 bridgehead atoms. The zero-order chi connectivity index (χ0) is 24.9. The van der Waals surface area contributed by atoms with Crippen molar-refractivity contribution in [3.8, 4) is 11.5 Å². The van der Waals surface area contributed by atoms with E-state index in [1.807, 2.05) is 54.6 Å². The quantitative estimate of drug-likeness (QED) is 0.484. The van der Waals surface area contributed by atoms with E-state index in [-0.39, 0.29) is 24.7 Å². The molecule has 2 aliphatic rings. The molecule has 0 aromatic heterocycles. The van der Waals surface area contributed by atoms with Crippen molar-refractivity contribution in [3.05, 3.63) is 83.9 Å². The summed E-state index contributed by atoms with van der Waals surface area (Å²) in [7, 11) is 1.42. The summed E-state index contributed by atoms with van der Waals surface area (Å²) in [6.07, 6.45) is 1.81. The molecule has 8 heteroatoms. The first kappa shape index (κ1) is 23.7. The molecule has 36 heavy (non-hydrogen) atoms. The SMILES string of the molecule is COC(=O)[C@@H](NC1CCN(c2ccc(NC(=O)c3ccc4c(c3)OCO4)cc2)CC1)c1ccccc1. The smallest absolute Gasteiger partial charge is 0.327 e. The Morgan fingerprint density at radius 2 is 1.67 bits per heavy atom. The topological polar surface area (TPSA) is 89.1 Å². The Bertz CT molecular complexity index is 1210. The number of fused-ring (bicyclic) bond motifs is 1. The predicted molar refractivity (Wildman–Crippen MR) is 137 cm³/mol. The van der Waals surface area contributed by atoms with E-state index in [0.717, 1.165) is 42.9 Å². The Hall–Kier alpha value is -4.04. The summed E-state index contributed by atoms with van der Waals surface area (Å²) in [5.41, 5.74) is 3.24. The summed E-state index contributed by atoms with van der Waals surface area (Å²) >= 11 is 0. The van der Waals surface area contributed by atoms with Gasteiger partial charge in [-0.05, 0) is 60.9 Å². The lowest BCUT2D eigenvalue weighted by molar-refractivity contribution is -0.143. The molecular weight excluding hydrogens is 458 g/mol. The van der Waals surface area contributed by atoms with E-state index in [2.05, 4.69) is 15.5 Å². The number of hydrogen-bond acceptors (Lipinski definition) is 7. The molecule has 1 amide bonds. The molecule has 1 saturated heterocycles. The molecule has 5 rings (SSSR count). The lowest BCUT2D eigenvalue weighted by atomic mass is 10.00. The number of carbonyl (C=O) groups excluding carboxylic acids is 2. The van der Waals surface area contributed by atoms with Crippen LogP contribution in [0, 0.1) is 0 Å². The minimum atomic E-state index is -0.472. The van der Waals surface area contributed by atoms with Gasteiger partial charge in [-0.15, -0.1) is 0 Å². The number of carbonyl (C=O) groups is 2. The second kappa shape index (κ2) is 10.7. The number of benzene rings is 3. The standard InChI is InChI=1S/C28H29N3O5/c1-34-28(33)26(19-5-3-2-4-6-19)29-22-13-15-31(16-14-22)23-10-8-21(9-11-23)30-27(32)20-7-12-24-25(17-20)36-18-35-24/h2-12,17,22,26,29H,13-16,18H2,1H3,(H,30,32)/t26-/m0/s1. The Labute approximate surface area is 210 Å². The zero-order valence-corrected chi connectivity index (χ0v) is 20.1. The molecule has 1 fully saturated rings. The molecule has 0 saturated carbocycles. The van der Waals surface area contributed by atoms with Crippen LogP contribution in [-0.4, -0.2) is 44.9 Å². The van der Waals surface area contributed by atoms with Crippen molar-refractivity contribution in [2.45, 2.75) is 24.9 Å². The Morgan fingerprint density at radius 1 is 0.944 bits per heavy atom. The Morgan fingerprint density at radius 3 is 2.39 bits per heavy atom. The van der Waals surface area contributed by atoms with Crippen LogP contribution in [0.3, 0.4) is 0 Å². The van der Waals surface area contributed by atoms with Crippen LogP contribution in [0.5, 0.6) is 11.5 Å². The highest BCUT2D eigenvalue weighted by Gasteiger charge is 2.27. The normalized spacial score (nSPS) is 15.9. The Balaban J connectivity index is 1.15. The summed E-state index contributed by atoms with van der Waals surface area (Å²) in [5.74, 6) is 0.752. The maximum absolute atomic E-state index is 12.6. The first-order valence-electron chi connectivity index (χ1n) is 12.1. The first-order chi connectivity index (χ1) is 17.6. The van der Waals surface area contributed by atoms with E-state index in [9.17, 15) is 9.59 Å². The molecule has 2 N–H and O–H groups in total. The number of amides is 1. The fraction of sp³-hybridized carbons (Fsp3) is 0.286. The summed E-state index contributed by atoms with van der Waals surface area (Å²) in [4.78, 5) is 27.3. The lowest BCUT2D eigenvalue weighted by Gasteiger charge is -2.35. The van der Waals surface area contributed by atoms with Gasteiger partial charge in [-0.2, -0.15) is 0 Å². The van der Waals surface area contributed by atoms with Crippen LogP contribution in [0.4, 0.5) is 11.4 Å². The molecule has 0 aliphatic carbocycles. The van der Waals surface area contributed by atoms with Gasteiger partial charge in [0.2, 0.25) is 6.79 Å². The maximum Gasteiger partial charge on any atom is 0.327 e. The molecule has 1 atom stereocenters. The van der Waals surface area contributed by atoms with Gasteiger partial charge in [-0.25, -0.2) is 4.79 Å². The zero-order valence-electron chi connectivity index (χ0n) is 20.1. The first-order valence-corrected chi connectivity index (χ1v) is 12.1. The van der Waals surface area contributed by atoms with Crippen molar-refractivity contribution in [1.82, 2.24) is 5.32 Å². The van der Waals surface area contributed by atoms with Crippen LogP contribution in [-0.2, 0) is 9.53 Å². The molecule has 0 spiro atoms. The molecule has 3 aromatic rings. The van der Waals surface area contributed by atoms with Crippen LogP contribution in [0.25, 0.3) is 0 Å². The Kier molecular flexibility index (Phi) is 7.04. The van der Waals surface area contributed by atoms with Gasteiger partial charge in [0.05, 0.1) is 7.11 Å². The van der Waals surface area contributed by atoms with Gasteiger partial charge in [0.15, 0.2) is 11.5 Å². The predicted octanol–water partition coefficient (Wildman–Crippen LogP) is 4.14. The van der Waals surface area contributed by atoms with E-state index in [4.69, 9.17) is 14.2 Å². The number of piperidine rings is 1. The fourth-order valence-corrected chi connectivity index (χ4v) is 4.60. The van der Waals surface area contributed by atoms with E-state index in [0.29, 0.717) is 17.1 Å². The van der Waals surface area contributed by atoms with E-state index < -0.39 is 6.04 Å². The van der Waals surface area contributed by atoms with Crippen LogP contribution >= 0.6 is 0 Å². The monoisotopic (exact) mass is 487 g/mol. The third-order valence-corrected chi connectivity index (χ3v) is 6.59. The molecule has 2 aliphatic heterocycles. The van der Waals surface area contributed by atoms with E-state index in [1.54, 1.807) is 18.2 Å². The van der Waals surface area contributed by atoms with Crippen molar-refractivity contribution in [3.63, 3.8) is 0 Å². The minimum absolute atomic E-state index is 0.175. The number of hydrogen-bond donors (Lipinski definition) is 2. The van der Waals surface area contributed by atoms with Crippen molar-refractivity contribution in [2.75, 3.05) is 37.2 Å². The third-order valence-electron chi connectivity index (χ3n) is 6.59. The minimum Gasteiger partial charge on any atom is -0.468 e. The van der Waals surface area contributed by atoms with Crippen molar-refractivity contribution in [2.24, 2.45) is 0 Å². The van der Waals surface area contributed by atoms with Gasteiger partial charge in [-0.1, -0.05) is 30.3 Å². The summed E-state index contributed by atoms with van der Waals surface area (Å²) < 4.78 is 15.7. The number of anilines is 2. The number of nitrogens with one attached hydrogen (secondary N) is 2. The van der Waals surface area contributed by atoms with Gasteiger partial charge in [0, 0.05) is 36.1 Å². The van der Waals surface area contributed by atoms with Crippen LogP contribution in [0.2, 0.25) is 0 Å². The van der Waals surface area contributed by atoms with Gasteiger partial charge >= 0.3 is 5.97 Å². The average Bonchev–Trinajstić information content (AvgIpc) is 3.41. The van der Waals surface area contributed by atoms with Gasteiger partial charge < -0.3 is 24.4 Å². The van der Waals surface area contributed by atoms with Crippen LogP contribution in [0.15, 0.2) is 72.8 Å². The molecule has 8 nitrogen and oxygen atoms in total. The fourth-order valence-electron chi connectivity index (χ4n) is 4.60. The van der Waals surface area contributed by atoms with E-state index >= 15 is 0 Å². The number of rotatable bonds is 7. The average molecular weight is 488 g/mol. The van der Waals surface area contributed by atoms with Crippen LogP contribution in [0.1, 0.15) is 34.8 Å². The molecule has 0 unspecified atom stereocenters. The van der Waals surface area contributed by atoms with Crippen molar-refractivity contribution in [1.29, 1.82) is 0 Å². The number of methoxy groups -OCH3 is 1. The largest absolute Gasteiger partial charge is 0.468 e. The van der Waals surface area contributed by atoms with E-state index in [1.165, 1.54) is 7.11 Å². The van der Waals surface area contributed by atoms with Gasteiger partial charge in [-0.3, -0.25) is 10.1 Å². The third kappa shape index (κ3) is 5.28. The highest BCUT2D eigenvalue weighted by molar-refractivity contribution is 6.04. The number of ether oxygens (including phenoxy) is 3. The highest BCUT2D eigenvalue weighted by Crippen LogP contribution is 2.33. The van der Waals surface area contributed by atoms with Crippen molar-refractivity contribution >= 4 is 23.3 Å². The van der Waals surface area contributed by atoms with Gasteiger partial charge in [0.1, 0.15) is 6.04 Å². The number of nitrogens with zero attached hydrogens (tertiary/aromatic N) is 1. The second-order valence-electron chi connectivity index (χ2n) is 8.86.